The second kappa shape index (κ2) is 9.62. The second-order valence-electron chi connectivity index (χ2n) is 10.1. The predicted octanol–water partition coefficient (Wildman–Crippen LogP) is 5.19. The maximum Gasteiger partial charge on any atom is 0.332 e. The van der Waals surface area contributed by atoms with Gasteiger partial charge >= 0.3 is 6.03 Å². The third-order valence-corrected chi connectivity index (χ3v) is 7.86. The molecule has 39 heavy (non-hydrogen) atoms. The maximum absolute atomic E-state index is 14.2. The van der Waals surface area contributed by atoms with Crippen LogP contribution in [-0.2, 0) is 11.2 Å². The summed E-state index contributed by atoms with van der Waals surface area (Å²) in [7, 11) is 1.61. The molecular weight excluding hydrogens is 492 g/mol. The van der Waals surface area contributed by atoms with E-state index in [4.69, 9.17) is 4.74 Å². The third-order valence-electron chi connectivity index (χ3n) is 7.86. The summed E-state index contributed by atoms with van der Waals surface area (Å²) in [6.45, 7) is 3.91. The molecule has 1 fully saturated rings. The van der Waals surface area contributed by atoms with Crippen LogP contribution in [0.5, 0.6) is 5.75 Å². The normalized spacial score (nSPS) is 19.2. The minimum atomic E-state index is -0.706. The molecule has 6 rings (SSSR count). The highest BCUT2D eigenvalue weighted by Gasteiger charge is 2.53. The van der Waals surface area contributed by atoms with Crippen LogP contribution in [0.3, 0.4) is 0 Å². The smallest absolute Gasteiger partial charge is 0.332 e. The number of rotatable bonds is 6. The van der Waals surface area contributed by atoms with Crippen molar-refractivity contribution in [1.82, 2.24) is 15.2 Å². The van der Waals surface area contributed by atoms with Crippen molar-refractivity contribution in [3.05, 3.63) is 95.2 Å². The predicted molar refractivity (Wildman–Crippen MR) is 149 cm³/mol. The zero-order chi connectivity index (χ0) is 27.3. The van der Waals surface area contributed by atoms with Gasteiger partial charge in [0.15, 0.2) is 0 Å². The van der Waals surface area contributed by atoms with Gasteiger partial charge in [-0.05, 0) is 54.8 Å². The number of ether oxygens (including phenoxy) is 1. The highest BCUT2D eigenvalue weighted by atomic mass is 16.5. The van der Waals surface area contributed by atoms with Crippen LogP contribution in [0.15, 0.2) is 72.8 Å². The van der Waals surface area contributed by atoms with Crippen LogP contribution in [0.2, 0.25) is 0 Å². The minimum absolute atomic E-state index is 0.0420. The minimum Gasteiger partial charge on any atom is -0.497 e. The first-order valence-corrected chi connectivity index (χ1v) is 13.2. The fourth-order valence-electron chi connectivity index (χ4n) is 5.69. The van der Waals surface area contributed by atoms with Crippen LogP contribution in [0.1, 0.15) is 53.5 Å². The molecule has 3 heterocycles. The summed E-state index contributed by atoms with van der Waals surface area (Å²) in [6.07, 6.45) is 1.15. The summed E-state index contributed by atoms with van der Waals surface area (Å²) >= 11 is 0. The molecule has 4 amide bonds. The number of hydrogen-bond donors (Lipinski definition) is 2. The number of hydrogen-bond acceptors (Lipinski definition) is 4. The van der Waals surface area contributed by atoms with E-state index in [1.54, 1.807) is 36.3 Å². The fourth-order valence-corrected chi connectivity index (χ4v) is 5.69. The summed E-state index contributed by atoms with van der Waals surface area (Å²) in [5.41, 5.74) is 4.33. The number of aromatic nitrogens is 1. The van der Waals surface area contributed by atoms with Crippen LogP contribution in [-0.4, -0.2) is 46.9 Å². The number of aromatic amines is 1. The topological polar surface area (TPSA) is 94.7 Å². The van der Waals surface area contributed by atoms with Gasteiger partial charge in [0.1, 0.15) is 17.8 Å². The lowest BCUT2D eigenvalue weighted by atomic mass is 9.89. The van der Waals surface area contributed by atoms with E-state index < -0.39 is 18.1 Å². The van der Waals surface area contributed by atoms with Gasteiger partial charge in [0.25, 0.3) is 11.8 Å². The number of imide groups is 1. The first-order chi connectivity index (χ1) is 18.9. The Morgan fingerprint density at radius 2 is 1.77 bits per heavy atom. The number of para-hydroxylation sites is 2. The number of anilines is 1. The molecule has 0 spiro atoms. The number of amides is 4. The Morgan fingerprint density at radius 3 is 2.51 bits per heavy atom. The van der Waals surface area contributed by atoms with E-state index in [0.717, 1.165) is 34.1 Å². The van der Waals surface area contributed by atoms with Crippen molar-refractivity contribution >= 4 is 34.4 Å². The first kappa shape index (κ1) is 24.7. The zero-order valence-electron chi connectivity index (χ0n) is 22.1. The number of nitrogens with one attached hydrogen (secondary N) is 2. The molecular formula is C31H30N4O4. The molecule has 198 valence electrons. The van der Waals surface area contributed by atoms with E-state index in [-0.39, 0.29) is 17.9 Å². The molecule has 1 saturated heterocycles. The molecule has 8 heteroatoms. The van der Waals surface area contributed by atoms with Crippen molar-refractivity contribution in [2.75, 3.05) is 12.0 Å². The standard InChI is InChI=1S/C31H30N4O4/c1-4-18(2)32-29(36)22-10-6-8-12-25(22)35-30(37)26-17-23-21-9-5-7-11-24(21)33-27(23)28(34(26)31(35)38)19-13-15-20(39-3)16-14-19/h5-16,18,26,28,33H,4,17H2,1-3H3,(H,32,36)/t18-,26-,28+/m0/s1. The number of methoxy groups -OCH3 is 1. The van der Waals surface area contributed by atoms with E-state index in [1.807, 2.05) is 62.4 Å². The van der Waals surface area contributed by atoms with E-state index in [2.05, 4.69) is 10.3 Å². The molecule has 0 bridgehead atoms. The lowest BCUT2D eigenvalue weighted by Crippen LogP contribution is -2.44. The highest BCUT2D eigenvalue weighted by Crippen LogP contribution is 2.45. The van der Waals surface area contributed by atoms with Crippen molar-refractivity contribution < 1.29 is 19.1 Å². The summed E-state index contributed by atoms with van der Waals surface area (Å²) in [6, 6.07) is 20.6. The molecule has 0 aliphatic carbocycles. The number of urea groups is 1. The van der Waals surface area contributed by atoms with Crippen LogP contribution in [0.4, 0.5) is 10.5 Å². The lowest BCUT2D eigenvalue weighted by Gasteiger charge is -2.36. The zero-order valence-corrected chi connectivity index (χ0v) is 22.1. The third kappa shape index (κ3) is 3.94. The van der Waals surface area contributed by atoms with Gasteiger partial charge in [-0.3, -0.25) is 14.5 Å². The van der Waals surface area contributed by atoms with Crippen LogP contribution < -0.4 is 15.0 Å². The Bertz CT molecular complexity index is 1590. The number of H-pyrrole nitrogens is 1. The maximum atomic E-state index is 14.2. The second-order valence-corrected chi connectivity index (χ2v) is 10.1. The van der Waals surface area contributed by atoms with Gasteiger partial charge in [0, 0.05) is 29.1 Å². The molecule has 2 aliphatic heterocycles. The van der Waals surface area contributed by atoms with E-state index >= 15 is 0 Å². The summed E-state index contributed by atoms with van der Waals surface area (Å²) in [5, 5.41) is 4.00. The number of carbonyl (C=O) groups is 3. The highest BCUT2D eigenvalue weighted by molar-refractivity contribution is 6.24. The van der Waals surface area contributed by atoms with Crippen molar-refractivity contribution in [1.29, 1.82) is 0 Å². The van der Waals surface area contributed by atoms with Crippen LogP contribution >= 0.6 is 0 Å². The first-order valence-electron chi connectivity index (χ1n) is 13.2. The fraction of sp³-hybridized carbons (Fsp3) is 0.258. The molecule has 0 radical (unpaired) electrons. The molecule has 0 unspecified atom stereocenters. The lowest BCUT2D eigenvalue weighted by molar-refractivity contribution is -0.120. The van der Waals surface area contributed by atoms with Crippen molar-refractivity contribution in [3.63, 3.8) is 0 Å². The van der Waals surface area contributed by atoms with E-state index in [9.17, 15) is 14.4 Å². The monoisotopic (exact) mass is 522 g/mol. The Kier molecular flexibility index (Phi) is 6.10. The molecule has 2 N–H and O–H groups in total. The molecule has 2 aliphatic rings. The summed E-state index contributed by atoms with van der Waals surface area (Å²) in [5.74, 6) is 0.0567. The van der Waals surface area contributed by atoms with Gasteiger partial charge in [0.05, 0.1) is 18.4 Å². The van der Waals surface area contributed by atoms with Crippen molar-refractivity contribution in [3.8, 4) is 5.75 Å². The largest absolute Gasteiger partial charge is 0.497 e. The molecule has 3 atom stereocenters. The van der Waals surface area contributed by atoms with E-state index in [1.165, 1.54) is 4.90 Å². The molecule has 3 aromatic carbocycles. The number of benzene rings is 3. The summed E-state index contributed by atoms with van der Waals surface area (Å²) < 4.78 is 5.36. The van der Waals surface area contributed by atoms with Gasteiger partial charge < -0.3 is 15.0 Å². The quantitative estimate of drug-likeness (QED) is 0.341. The van der Waals surface area contributed by atoms with Crippen molar-refractivity contribution in [2.24, 2.45) is 0 Å². The van der Waals surface area contributed by atoms with Gasteiger partial charge in [-0.2, -0.15) is 0 Å². The van der Waals surface area contributed by atoms with Gasteiger partial charge in [-0.25, -0.2) is 9.69 Å². The Labute approximate surface area is 226 Å². The van der Waals surface area contributed by atoms with Crippen LogP contribution in [0, 0.1) is 0 Å². The Morgan fingerprint density at radius 1 is 1.05 bits per heavy atom. The number of fused-ring (bicyclic) bond motifs is 4. The van der Waals surface area contributed by atoms with Gasteiger partial charge in [-0.15, -0.1) is 0 Å². The molecule has 4 aromatic rings. The van der Waals surface area contributed by atoms with Crippen LogP contribution in [0.25, 0.3) is 10.9 Å². The van der Waals surface area contributed by atoms with Gasteiger partial charge in [0.2, 0.25) is 0 Å². The Hall–Kier alpha value is -4.59. The summed E-state index contributed by atoms with van der Waals surface area (Å²) in [4.78, 5) is 47.8. The van der Waals surface area contributed by atoms with E-state index in [0.29, 0.717) is 23.4 Å². The SMILES string of the molecule is CC[C@H](C)NC(=O)c1ccccc1N1C(=O)[C@@H]2Cc3c([nH]c4ccccc34)[C@@H](c3ccc(OC)cc3)N2C1=O. The molecule has 1 aromatic heterocycles. The van der Waals surface area contributed by atoms with Gasteiger partial charge in [-0.1, -0.05) is 49.4 Å². The average Bonchev–Trinajstić information content (AvgIpc) is 3.46. The average molecular weight is 523 g/mol. The number of carbonyl (C=O) groups excluding carboxylic acids is 3. The number of nitrogens with zero attached hydrogens (tertiary/aromatic N) is 2. The molecule has 0 saturated carbocycles. The molecule has 8 nitrogen and oxygen atoms in total. The van der Waals surface area contributed by atoms with Crippen molar-refractivity contribution in [2.45, 2.75) is 44.8 Å². The Balaban J connectivity index is 1.47.